The SMILES string of the molecule is NNC(CCc1cccs1)C1C2C3CCC(C3)C21. The zero-order valence-corrected chi connectivity index (χ0v) is 11.5. The van der Waals surface area contributed by atoms with Crippen molar-refractivity contribution in [2.45, 2.75) is 38.1 Å². The number of nitrogens with two attached hydrogens (primary N) is 1. The minimum Gasteiger partial charge on any atom is -0.271 e. The second kappa shape index (κ2) is 4.32. The van der Waals surface area contributed by atoms with Crippen LogP contribution in [0.4, 0.5) is 0 Å². The van der Waals surface area contributed by atoms with Crippen molar-refractivity contribution in [2.75, 3.05) is 0 Å². The zero-order chi connectivity index (χ0) is 12.1. The summed E-state index contributed by atoms with van der Waals surface area (Å²) in [5.41, 5.74) is 3.13. The maximum atomic E-state index is 5.82. The lowest BCUT2D eigenvalue weighted by Gasteiger charge is -2.19. The normalized spacial score (nSPS) is 41.9. The van der Waals surface area contributed by atoms with Crippen LogP contribution in [0.25, 0.3) is 0 Å². The Hall–Kier alpha value is -0.380. The minimum absolute atomic E-state index is 0.561. The van der Waals surface area contributed by atoms with Crippen LogP contribution >= 0.6 is 11.3 Å². The Bertz CT molecular complexity index is 400. The number of thiophene rings is 1. The number of aryl methyl sites for hydroxylation is 1. The fraction of sp³-hybridized carbons (Fsp3) is 0.733. The van der Waals surface area contributed by atoms with E-state index in [0.29, 0.717) is 6.04 Å². The van der Waals surface area contributed by atoms with Crippen LogP contribution in [0.3, 0.4) is 0 Å². The fourth-order valence-corrected chi connectivity index (χ4v) is 5.79. The summed E-state index contributed by atoms with van der Waals surface area (Å²) in [5, 5.41) is 2.17. The molecule has 2 bridgehead atoms. The molecule has 0 radical (unpaired) electrons. The Balaban J connectivity index is 1.38. The third-order valence-electron chi connectivity index (χ3n) is 5.76. The smallest absolute Gasteiger partial charge is 0.0247 e. The molecule has 3 aliphatic rings. The van der Waals surface area contributed by atoms with E-state index in [1.807, 2.05) is 11.3 Å². The predicted octanol–water partition coefficient (Wildman–Crippen LogP) is 2.80. The van der Waals surface area contributed by atoms with Gasteiger partial charge in [-0.25, -0.2) is 0 Å². The van der Waals surface area contributed by atoms with Gasteiger partial charge in [-0.3, -0.25) is 11.3 Å². The lowest BCUT2D eigenvalue weighted by Crippen LogP contribution is -2.38. The van der Waals surface area contributed by atoms with Crippen LogP contribution < -0.4 is 11.3 Å². The van der Waals surface area contributed by atoms with E-state index in [9.17, 15) is 0 Å². The topological polar surface area (TPSA) is 38.0 Å². The molecule has 0 spiro atoms. The van der Waals surface area contributed by atoms with Gasteiger partial charge < -0.3 is 0 Å². The van der Waals surface area contributed by atoms with Crippen LogP contribution in [0.15, 0.2) is 17.5 Å². The van der Waals surface area contributed by atoms with E-state index in [1.54, 1.807) is 0 Å². The van der Waals surface area contributed by atoms with Gasteiger partial charge >= 0.3 is 0 Å². The molecule has 18 heavy (non-hydrogen) atoms. The van der Waals surface area contributed by atoms with E-state index >= 15 is 0 Å². The van der Waals surface area contributed by atoms with Gasteiger partial charge in [0.15, 0.2) is 0 Å². The summed E-state index contributed by atoms with van der Waals surface area (Å²) in [6, 6.07) is 4.96. The number of fused-ring (bicyclic) bond motifs is 5. The summed E-state index contributed by atoms with van der Waals surface area (Å²) in [6.45, 7) is 0. The molecule has 1 heterocycles. The Morgan fingerprint density at radius 3 is 2.72 bits per heavy atom. The van der Waals surface area contributed by atoms with Crippen molar-refractivity contribution in [2.24, 2.45) is 35.4 Å². The zero-order valence-electron chi connectivity index (χ0n) is 10.7. The van der Waals surface area contributed by atoms with Crippen LogP contribution in [0.1, 0.15) is 30.6 Å². The van der Waals surface area contributed by atoms with E-state index in [0.717, 1.165) is 29.6 Å². The van der Waals surface area contributed by atoms with Crippen LogP contribution in [-0.2, 0) is 6.42 Å². The largest absolute Gasteiger partial charge is 0.271 e. The lowest BCUT2D eigenvalue weighted by atomic mass is 9.95. The van der Waals surface area contributed by atoms with Gasteiger partial charge in [0.2, 0.25) is 0 Å². The van der Waals surface area contributed by atoms with Gasteiger partial charge in [0.25, 0.3) is 0 Å². The molecule has 1 aromatic rings. The lowest BCUT2D eigenvalue weighted by molar-refractivity contribution is 0.352. The van der Waals surface area contributed by atoms with Crippen molar-refractivity contribution in [3.05, 3.63) is 22.4 Å². The van der Waals surface area contributed by atoms with Crippen molar-refractivity contribution in [3.63, 3.8) is 0 Å². The Kier molecular flexibility index (Phi) is 2.75. The monoisotopic (exact) mass is 262 g/mol. The van der Waals surface area contributed by atoms with E-state index in [-0.39, 0.29) is 0 Å². The molecule has 4 rings (SSSR count). The van der Waals surface area contributed by atoms with Crippen LogP contribution in [0, 0.1) is 29.6 Å². The first-order chi connectivity index (χ1) is 8.88. The standard InChI is InChI=1S/C15H22N2S/c16-17-12(6-5-11-2-1-7-18-11)15-13-9-3-4-10(8-9)14(13)15/h1-2,7,9-10,12-15,17H,3-6,8,16H2. The summed E-state index contributed by atoms with van der Waals surface area (Å²) in [6.07, 6.45) is 6.95. The fourth-order valence-electron chi connectivity index (χ4n) is 5.07. The molecule has 1 aromatic heterocycles. The molecular weight excluding hydrogens is 240 g/mol. The van der Waals surface area contributed by atoms with Crippen LogP contribution in [-0.4, -0.2) is 6.04 Å². The third kappa shape index (κ3) is 1.68. The molecule has 0 aliphatic heterocycles. The Morgan fingerprint density at radius 1 is 1.33 bits per heavy atom. The molecule has 98 valence electrons. The highest BCUT2D eigenvalue weighted by Crippen LogP contribution is 2.70. The van der Waals surface area contributed by atoms with E-state index < -0.39 is 0 Å². The van der Waals surface area contributed by atoms with Crippen LogP contribution in [0.2, 0.25) is 0 Å². The molecule has 0 aromatic carbocycles. The van der Waals surface area contributed by atoms with E-state index in [2.05, 4.69) is 22.9 Å². The van der Waals surface area contributed by atoms with E-state index in [4.69, 9.17) is 5.84 Å². The van der Waals surface area contributed by atoms with Crippen molar-refractivity contribution in [3.8, 4) is 0 Å². The molecule has 5 atom stereocenters. The van der Waals surface area contributed by atoms with Crippen molar-refractivity contribution < 1.29 is 0 Å². The summed E-state index contributed by atoms with van der Waals surface area (Å²) >= 11 is 1.87. The number of hydrazine groups is 1. The molecule has 3 saturated carbocycles. The summed E-state index contributed by atoms with van der Waals surface area (Å²) in [4.78, 5) is 1.50. The second-order valence-corrected chi connectivity index (χ2v) is 7.49. The van der Waals surface area contributed by atoms with Gasteiger partial charge in [-0.15, -0.1) is 11.3 Å². The molecule has 0 amide bonds. The molecule has 3 fully saturated rings. The number of nitrogens with one attached hydrogen (secondary N) is 1. The van der Waals surface area contributed by atoms with Crippen molar-refractivity contribution >= 4 is 11.3 Å². The molecule has 5 unspecified atom stereocenters. The second-order valence-electron chi connectivity index (χ2n) is 6.46. The predicted molar refractivity (Wildman–Crippen MR) is 75.1 cm³/mol. The van der Waals surface area contributed by atoms with Gasteiger partial charge in [-0.1, -0.05) is 6.07 Å². The summed E-state index contributed by atoms with van der Waals surface area (Å²) in [5.74, 6) is 10.9. The van der Waals surface area contributed by atoms with Gasteiger partial charge in [-0.05, 0) is 73.1 Å². The quantitative estimate of drug-likeness (QED) is 0.632. The Morgan fingerprint density at radius 2 is 2.11 bits per heavy atom. The van der Waals surface area contributed by atoms with Crippen molar-refractivity contribution in [1.29, 1.82) is 0 Å². The number of hydrogen-bond donors (Lipinski definition) is 2. The first-order valence-electron chi connectivity index (χ1n) is 7.37. The molecular formula is C15H22N2S. The first kappa shape index (κ1) is 11.4. The molecule has 2 nitrogen and oxygen atoms in total. The van der Waals surface area contributed by atoms with Gasteiger partial charge in [0.05, 0.1) is 0 Å². The highest BCUT2D eigenvalue weighted by Gasteiger charge is 2.66. The van der Waals surface area contributed by atoms with Crippen molar-refractivity contribution in [1.82, 2.24) is 5.43 Å². The number of rotatable bonds is 5. The molecule has 3 N–H and O–H groups in total. The summed E-state index contributed by atoms with van der Waals surface area (Å²) < 4.78 is 0. The first-order valence-corrected chi connectivity index (χ1v) is 8.25. The van der Waals surface area contributed by atoms with Gasteiger partial charge in [-0.2, -0.15) is 0 Å². The highest BCUT2D eigenvalue weighted by molar-refractivity contribution is 7.09. The highest BCUT2D eigenvalue weighted by atomic mass is 32.1. The molecule has 0 saturated heterocycles. The van der Waals surface area contributed by atoms with Crippen LogP contribution in [0.5, 0.6) is 0 Å². The average molecular weight is 262 g/mol. The Labute approximate surface area is 113 Å². The minimum atomic E-state index is 0.561. The number of hydrogen-bond acceptors (Lipinski definition) is 3. The van der Waals surface area contributed by atoms with Gasteiger partial charge in [0.1, 0.15) is 0 Å². The van der Waals surface area contributed by atoms with Gasteiger partial charge in [0, 0.05) is 10.9 Å². The summed E-state index contributed by atoms with van der Waals surface area (Å²) in [7, 11) is 0. The maximum absolute atomic E-state index is 5.82. The maximum Gasteiger partial charge on any atom is 0.0247 e. The average Bonchev–Trinajstić information content (AvgIpc) is 2.84. The third-order valence-corrected chi connectivity index (χ3v) is 6.69. The van der Waals surface area contributed by atoms with E-state index in [1.165, 1.54) is 37.0 Å². The molecule has 3 aliphatic carbocycles. The molecule has 3 heteroatoms.